The highest BCUT2D eigenvalue weighted by Crippen LogP contribution is 2.30. The van der Waals surface area contributed by atoms with Crippen molar-refractivity contribution in [2.75, 3.05) is 11.9 Å². The topological polar surface area (TPSA) is 40.5 Å². The highest BCUT2D eigenvalue weighted by atomic mass is 35.5. The van der Waals surface area contributed by atoms with E-state index in [-0.39, 0.29) is 0 Å². The first-order chi connectivity index (χ1) is 9.09. The van der Waals surface area contributed by atoms with E-state index in [4.69, 9.17) is 11.6 Å². The molecule has 1 fully saturated rings. The summed E-state index contributed by atoms with van der Waals surface area (Å²) in [7, 11) is 1.98. The Hall–Kier alpha value is -1.22. The fourth-order valence-corrected chi connectivity index (χ4v) is 2.99. The van der Waals surface area contributed by atoms with Crippen molar-refractivity contribution in [2.24, 2.45) is 0 Å². The third kappa shape index (κ3) is 3.41. The summed E-state index contributed by atoms with van der Waals surface area (Å²) in [6.07, 6.45) is 7.26. The molecule has 3 nitrogen and oxygen atoms in total. The highest BCUT2D eigenvalue weighted by molar-refractivity contribution is 6.31. The summed E-state index contributed by atoms with van der Waals surface area (Å²) in [5.74, 6) is -0.896. The molecule has 1 saturated carbocycles. The molecule has 0 bridgehead atoms. The lowest BCUT2D eigenvalue weighted by Gasteiger charge is -2.30. The molecule has 1 aromatic rings. The molecule has 0 spiro atoms. The van der Waals surface area contributed by atoms with Crippen molar-refractivity contribution in [3.63, 3.8) is 0 Å². The minimum atomic E-state index is -0.896. The molecule has 0 aromatic heterocycles. The third-order valence-corrected chi connectivity index (χ3v) is 4.18. The van der Waals surface area contributed by atoms with Crippen LogP contribution in [-0.2, 0) is 0 Å². The SMILES string of the molecule is CN(c1cc(Cl)ccc1C(=O)O)C1CCCCCC1. The molecule has 104 valence electrons. The highest BCUT2D eigenvalue weighted by Gasteiger charge is 2.21. The quantitative estimate of drug-likeness (QED) is 0.844. The first-order valence-corrected chi connectivity index (χ1v) is 7.23. The second kappa shape index (κ2) is 6.29. The molecule has 0 saturated heterocycles. The standard InChI is InChI=1S/C15H20ClNO2/c1-17(12-6-4-2-3-5-7-12)14-10-11(16)8-9-13(14)15(18)19/h8-10,12H,2-7H2,1H3,(H,18,19). The van der Waals surface area contributed by atoms with Crippen LogP contribution in [0.3, 0.4) is 0 Å². The summed E-state index contributed by atoms with van der Waals surface area (Å²) < 4.78 is 0. The van der Waals surface area contributed by atoms with Crippen LogP contribution in [0.25, 0.3) is 0 Å². The number of rotatable bonds is 3. The second-order valence-corrected chi connectivity index (χ2v) is 5.66. The molecule has 0 heterocycles. The van der Waals surface area contributed by atoms with Crippen LogP contribution in [0.5, 0.6) is 0 Å². The zero-order chi connectivity index (χ0) is 13.8. The summed E-state index contributed by atoms with van der Waals surface area (Å²) in [5, 5.41) is 9.87. The van der Waals surface area contributed by atoms with Gasteiger partial charge in [-0.3, -0.25) is 0 Å². The van der Waals surface area contributed by atoms with E-state index in [1.807, 2.05) is 7.05 Å². The van der Waals surface area contributed by atoms with Crippen LogP contribution < -0.4 is 4.90 Å². The Morgan fingerprint density at radius 2 is 1.89 bits per heavy atom. The van der Waals surface area contributed by atoms with Gasteiger partial charge < -0.3 is 10.0 Å². The predicted octanol–water partition coefficient (Wildman–Crippen LogP) is 4.20. The van der Waals surface area contributed by atoms with Gasteiger partial charge in [-0.2, -0.15) is 0 Å². The van der Waals surface area contributed by atoms with Crippen LogP contribution in [0, 0.1) is 0 Å². The molecule has 1 N–H and O–H groups in total. The predicted molar refractivity (Wildman–Crippen MR) is 78.3 cm³/mol. The Bertz CT molecular complexity index is 453. The molecule has 1 aliphatic carbocycles. The van der Waals surface area contributed by atoms with Gasteiger partial charge in [-0.15, -0.1) is 0 Å². The van der Waals surface area contributed by atoms with Crippen LogP contribution >= 0.6 is 11.6 Å². The molecule has 4 heteroatoms. The van der Waals surface area contributed by atoms with Crippen molar-refractivity contribution in [3.8, 4) is 0 Å². The first kappa shape index (κ1) is 14.2. The van der Waals surface area contributed by atoms with Gasteiger partial charge in [0.2, 0.25) is 0 Å². The average molecular weight is 282 g/mol. The zero-order valence-corrected chi connectivity index (χ0v) is 12.0. The minimum Gasteiger partial charge on any atom is -0.478 e. The van der Waals surface area contributed by atoms with Crippen LogP contribution in [0.2, 0.25) is 5.02 Å². The molecule has 19 heavy (non-hydrogen) atoms. The summed E-state index contributed by atoms with van der Waals surface area (Å²) in [4.78, 5) is 13.4. The minimum absolute atomic E-state index is 0.330. The number of aromatic carboxylic acids is 1. The number of carboxylic acid groups (broad SMARTS) is 1. The largest absolute Gasteiger partial charge is 0.478 e. The van der Waals surface area contributed by atoms with Gasteiger partial charge in [0.15, 0.2) is 0 Å². The van der Waals surface area contributed by atoms with Crippen molar-refractivity contribution < 1.29 is 9.90 Å². The Morgan fingerprint density at radius 1 is 1.26 bits per heavy atom. The molecule has 1 aliphatic rings. The maximum atomic E-state index is 11.3. The molecular formula is C15H20ClNO2. The van der Waals surface area contributed by atoms with E-state index in [2.05, 4.69) is 4.90 Å². The Morgan fingerprint density at radius 3 is 2.47 bits per heavy atom. The van der Waals surface area contributed by atoms with Gasteiger partial charge in [0.25, 0.3) is 0 Å². The zero-order valence-electron chi connectivity index (χ0n) is 11.2. The molecule has 0 aliphatic heterocycles. The molecule has 0 amide bonds. The number of hydrogen-bond acceptors (Lipinski definition) is 2. The third-order valence-electron chi connectivity index (χ3n) is 3.94. The summed E-state index contributed by atoms with van der Waals surface area (Å²) in [6, 6.07) is 5.40. The molecule has 2 rings (SSSR count). The number of benzene rings is 1. The number of carboxylic acids is 1. The van der Waals surface area contributed by atoms with Crippen LogP contribution in [0.15, 0.2) is 18.2 Å². The fraction of sp³-hybridized carbons (Fsp3) is 0.533. The maximum Gasteiger partial charge on any atom is 0.337 e. The Balaban J connectivity index is 2.28. The van der Waals surface area contributed by atoms with E-state index >= 15 is 0 Å². The van der Waals surface area contributed by atoms with E-state index in [1.165, 1.54) is 25.7 Å². The van der Waals surface area contributed by atoms with E-state index in [0.29, 0.717) is 16.6 Å². The van der Waals surface area contributed by atoms with E-state index in [9.17, 15) is 9.90 Å². The van der Waals surface area contributed by atoms with Crippen molar-refractivity contribution in [1.82, 2.24) is 0 Å². The average Bonchev–Trinajstić information content (AvgIpc) is 2.66. The second-order valence-electron chi connectivity index (χ2n) is 5.22. The number of hydrogen-bond donors (Lipinski definition) is 1. The first-order valence-electron chi connectivity index (χ1n) is 6.85. The van der Waals surface area contributed by atoms with E-state index in [1.54, 1.807) is 18.2 Å². The van der Waals surface area contributed by atoms with Crippen LogP contribution in [0.1, 0.15) is 48.9 Å². The van der Waals surface area contributed by atoms with Gasteiger partial charge in [0.05, 0.1) is 11.3 Å². The van der Waals surface area contributed by atoms with Crippen molar-refractivity contribution in [2.45, 2.75) is 44.6 Å². The molecule has 0 radical (unpaired) electrons. The molecule has 1 aromatic carbocycles. The fourth-order valence-electron chi connectivity index (χ4n) is 2.82. The lowest BCUT2D eigenvalue weighted by Crippen LogP contribution is -2.32. The maximum absolute atomic E-state index is 11.3. The lowest BCUT2D eigenvalue weighted by atomic mass is 10.0. The number of carbonyl (C=O) groups is 1. The monoisotopic (exact) mass is 281 g/mol. The number of anilines is 1. The number of halogens is 1. The van der Waals surface area contributed by atoms with Gasteiger partial charge in [-0.25, -0.2) is 4.79 Å². The lowest BCUT2D eigenvalue weighted by molar-refractivity contribution is 0.0697. The van der Waals surface area contributed by atoms with Gasteiger partial charge in [-0.05, 0) is 31.0 Å². The van der Waals surface area contributed by atoms with Gasteiger partial charge in [0.1, 0.15) is 0 Å². The summed E-state index contributed by atoms with van der Waals surface area (Å²) in [5.41, 5.74) is 1.06. The van der Waals surface area contributed by atoms with Crippen molar-refractivity contribution in [3.05, 3.63) is 28.8 Å². The van der Waals surface area contributed by atoms with Crippen LogP contribution in [0.4, 0.5) is 5.69 Å². The van der Waals surface area contributed by atoms with Gasteiger partial charge >= 0.3 is 5.97 Å². The van der Waals surface area contributed by atoms with Crippen molar-refractivity contribution >= 4 is 23.3 Å². The molecule has 0 atom stereocenters. The van der Waals surface area contributed by atoms with Crippen molar-refractivity contribution in [1.29, 1.82) is 0 Å². The van der Waals surface area contributed by atoms with E-state index in [0.717, 1.165) is 18.5 Å². The summed E-state index contributed by atoms with van der Waals surface area (Å²) in [6.45, 7) is 0. The van der Waals surface area contributed by atoms with Gasteiger partial charge in [-0.1, -0.05) is 37.3 Å². The van der Waals surface area contributed by atoms with Crippen LogP contribution in [-0.4, -0.2) is 24.2 Å². The van der Waals surface area contributed by atoms with E-state index < -0.39 is 5.97 Å². The molecule has 0 unspecified atom stereocenters. The Kier molecular flexibility index (Phi) is 4.70. The smallest absolute Gasteiger partial charge is 0.337 e. The van der Waals surface area contributed by atoms with Gasteiger partial charge in [0, 0.05) is 18.1 Å². The Labute approximate surface area is 119 Å². The summed E-state index contributed by atoms with van der Waals surface area (Å²) >= 11 is 6.02. The number of nitrogens with zero attached hydrogens (tertiary/aromatic N) is 1. The normalized spacial score (nSPS) is 16.9. The molecular weight excluding hydrogens is 262 g/mol.